The summed E-state index contributed by atoms with van der Waals surface area (Å²) in [7, 11) is 0. The average molecular weight is 387 g/mol. The molecule has 4 rings (SSSR count). The Morgan fingerprint density at radius 2 is 2.19 bits per heavy atom. The number of likely N-dealkylation sites (tertiary alicyclic amines) is 1. The maximum Gasteiger partial charge on any atom is 0.289 e. The lowest BCUT2D eigenvalue weighted by Gasteiger charge is -2.31. The molecule has 1 aliphatic heterocycles. The molecule has 8 heteroatoms. The van der Waals surface area contributed by atoms with Crippen LogP contribution in [0.3, 0.4) is 0 Å². The lowest BCUT2D eigenvalue weighted by Crippen LogP contribution is -2.43. The number of nitrogens with one attached hydrogen (secondary N) is 1. The van der Waals surface area contributed by atoms with Crippen molar-refractivity contribution in [2.45, 2.75) is 12.8 Å². The van der Waals surface area contributed by atoms with E-state index in [4.69, 9.17) is 4.42 Å². The number of hydrogen-bond acceptors (Lipinski definition) is 6. The highest BCUT2D eigenvalue weighted by atomic mass is 32.1. The van der Waals surface area contributed by atoms with E-state index in [0.29, 0.717) is 24.0 Å². The van der Waals surface area contributed by atoms with Gasteiger partial charge in [0, 0.05) is 18.5 Å². The highest BCUT2D eigenvalue weighted by Crippen LogP contribution is 2.29. The number of hydrogen-bond donors (Lipinski definition) is 1. The first kappa shape index (κ1) is 17.0. The monoisotopic (exact) mass is 387 g/mol. The molecule has 3 aromatic heterocycles. The van der Waals surface area contributed by atoms with Crippen LogP contribution >= 0.6 is 22.7 Å². The van der Waals surface area contributed by atoms with Gasteiger partial charge in [0.15, 0.2) is 10.9 Å². The number of thiazole rings is 1. The molecule has 0 unspecified atom stereocenters. The molecule has 0 saturated carbocycles. The van der Waals surface area contributed by atoms with Crippen LogP contribution in [0.5, 0.6) is 0 Å². The SMILES string of the molecule is O=C(Nc1nc(-c2cccs2)cs1)[C@@H]1CCCN(C(=O)c2ccco2)C1. The van der Waals surface area contributed by atoms with Crippen LogP contribution in [0.15, 0.2) is 45.7 Å². The Morgan fingerprint density at radius 1 is 1.27 bits per heavy atom. The van der Waals surface area contributed by atoms with E-state index in [-0.39, 0.29) is 17.7 Å². The summed E-state index contributed by atoms with van der Waals surface area (Å²) in [5, 5.41) is 7.43. The van der Waals surface area contributed by atoms with Crippen LogP contribution in [0.1, 0.15) is 23.4 Å². The summed E-state index contributed by atoms with van der Waals surface area (Å²) >= 11 is 3.03. The standard InChI is InChI=1S/C18H17N3O3S2/c22-16(20-18-19-13(11-26-18)15-6-3-9-25-15)12-4-1-7-21(10-12)17(23)14-5-2-8-24-14/h2-3,5-6,8-9,11-12H,1,4,7,10H2,(H,19,20,22)/t12-/m1/s1. The van der Waals surface area contributed by atoms with E-state index in [9.17, 15) is 9.59 Å². The van der Waals surface area contributed by atoms with Crippen LogP contribution in [0.2, 0.25) is 0 Å². The maximum absolute atomic E-state index is 12.6. The number of rotatable bonds is 4. The third-order valence-electron chi connectivity index (χ3n) is 4.32. The molecule has 1 fully saturated rings. The number of carbonyl (C=O) groups excluding carboxylic acids is 2. The number of amides is 2. The van der Waals surface area contributed by atoms with Crippen molar-refractivity contribution in [1.29, 1.82) is 0 Å². The summed E-state index contributed by atoms with van der Waals surface area (Å²) in [6.07, 6.45) is 3.04. The zero-order valence-electron chi connectivity index (χ0n) is 13.9. The van der Waals surface area contributed by atoms with E-state index < -0.39 is 0 Å². The van der Waals surface area contributed by atoms with Crippen molar-refractivity contribution in [1.82, 2.24) is 9.88 Å². The lowest BCUT2D eigenvalue weighted by atomic mass is 9.97. The van der Waals surface area contributed by atoms with Crippen LogP contribution in [0, 0.1) is 5.92 Å². The van der Waals surface area contributed by atoms with Gasteiger partial charge in [-0.15, -0.1) is 22.7 Å². The number of nitrogens with zero attached hydrogens (tertiary/aromatic N) is 2. The molecule has 4 heterocycles. The molecule has 0 bridgehead atoms. The summed E-state index contributed by atoms with van der Waals surface area (Å²) in [6.45, 7) is 1.04. The molecule has 134 valence electrons. The number of furan rings is 1. The van der Waals surface area contributed by atoms with Crippen molar-refractivity contribution in [3.8, 4) is 10.6 Å². The lowest BCUT2D eigenvalue weighted by molar-refractivity contribution is -0.121. The fourth-order valence-electron chi connectivity index (χ4n) is 3.01. The number of anilines is 1. The second-order valence-corrected chi connectivity index (χ2v) is 7.88. The molecule has 1 saturated heterocycles. The van der Waals surface area contributed by atoms with Gasteiger partial charge in [0.25, 0.3) is 5.91 Å². The zero-order chi connectivity index (χ0) is 17.9. The number of thiophene rings is 1. The van der Waals surface area contributed by atoms with E-state index in [1.54, 1.807) is 28.4 Å². The smallest absolute Gasteiger partial charge is 0.289 e. The van der Waals surface area contributed by atoms with Crippen molar-refractivity contribution in [2.24, 2.45) is 5.92 Å². The Balaban J connectivity index is 1.39. The van der Waals surface area contributed by atoms with E-state index in [1.165, 1.54) is 17.6 Å². The third kappa shape index (κ3) is 3.56. The second kappa shape index (κ2) is 7.43. The van der Waals surface area contributed by atoms with Crippen LogP contribution in [0.25, 0.3) is 10.6 Å². The van der Waals surface area contributed by atoms with Gasteiger partial charge >= 0.3 is 0 Å². The van der Waals surface area contributed by atoms with Gasteiger partial charge in [0.1, 0.15) is 0 Å². The van der Waals surface area contributed by atoms with E-state index in [2.05, 4.69) is 10.3 Å². The highest BCUT2D eigenvalue weighted by molar-refractivity contribution is 7.16. The van der Waals surface area contributed by atoms with Crippen molar-refractivity contribution in [3.63, 3.8) is 0 Å². The highest BCUT2D eigenvalue weighted by Gasteiger charge is 2.30. The summed E-state index contributed by atoms with van der Waals surface area (Å²) < 4.78 is 5.18. The van der Waals surface area contributed by atoms with Crippen LogP contribution in [0.4, 0.5) is 5.13 Å². The van der Waals surface area contributed by atoms with Crippen molar-refractivity contribution < 1.29 is 14.0 Å². The normalized spacial score (nSPS) is 17.2. The molecule has 2 amide bonds. The predicted octanol–water partition coefficient (Wildman–Crippen LogP) is 3.96. The van der Waals surface area contributed by atoms with Crippen LogP contribution in [-0.4, -0.2) is 34.8 Å². The van der Waals surface area contributed by atoms with Gasteiger partial charge in [-0.3, -0.25) is 9.59 Å². The number of aromatic nitrogens is 1. The molecule has 1 aliphatic rings. The quantitative estimate of drug-likeness (QED) is 0.735. The Labute approximate surface area is 158 Å². The molecule has 1 N–H and O–H groups in total. The molecule has 0 aliphatic carbocycles. The molecule has 0 aromatic carbocycles. The number of carbonyl (C=O) groups is 2. The largest absolute Gasteiger partial charge is 0.459 e. The Hall–Kier alpha value is -2.45. The van der Waals surface area contributed by atoms with Gasteiger partial charge in [0.05, 0.1) is 22.8 Å². The molecule has 0 spiro atoms. The fraction of sp³-hybridized carbons (Fsp3) is 0.278. The first-order chi connectivity index (χ1) is 12.7. The first-order valence-electron chi connectivity index (χ1n) is 8.34. The molecule has 26 heavy (non-hydrogen) atoms. The second-order valence-electron chi connectivity index (χ2n) is 6.07. The van der Waals surface area contributed by atoms with Crippen LogP contribution in [-0.2, 0) is 4.79 Å². The number of piperidine rings is 1. The minimum atomic E-state index is -0.239. The molecular weight excluding hydrogens is 370 g/mol. The summed E-state index contributed by atoms with van der Waals surface area (Å²) in [5.74, 6) is -0.181. The molecular formula is C18H17N3O3S2. The summed E-state index contributed by atoms with van der Waals surface area (Å²) in [5.41, 5.74) is 0.874. The van der Waals surface area contributed by atoms with Gasteiger partial charge in [-0.25, -0.2) is 4.98 Å². The van der Waals surface area contributed by atoms with Crippen molar-refractivity contribution in [2.75, 3.05) is 18.4 Å². The topological polar surface area (TPSA) is 75.4 Å². The van der Waals surface area contributed by atoms with E-state index in [1.807, 2.05) is 22.9 Å². The molecule has 0 radical (unpaired) electrons. The Morgan fingerprint density at radius 3 is 2.96 bits per heavy atom. The molecule has 1 atom stereocenters. The van der Waals surface area contributed by atoms with Gasteiger partial charge in [-0.1, -0.05) is 6.07 Å². The van der Waals surface area contributed by atoms with Gasteiger partial charge < -0.3 is 14.6 Å². The van der Waals surface area contributed by atoms with Gasteiger partial charge in [-0.05, 0) is 36.4 Å². The van der Waals surface area contributed by atoms with Gasteiger partial charge in [0.2, 0.25) is 5.91 Å². The van der Waals surface area contributed by atoms with Gasteiger partial charge in [-0.2, -0.15) is 0 Å². The molecule has 3 aromatic rings. The van der Waals surface area contributed by atoms with E-state index >= 15 is 0 Å². The van der Waals surface area contributed by atoms with Crippen molar-refractivity contribution >= 4 is 39.6 Å². The van der Waals surface area contributed by atoms with Crippen molar-refractivity contribution in [3.05, 3.63) is 47.0 Å². The van der Waals surface area contributed by atoms with E-state index in [0.717, 1.165) is 23.4 Å². The Kier molecular flexibility index (Phi) is 4.85. The first-order valence-corrected chi connectivity index (χ1v) is 10.1. The predicted molar refractivity (Wildman–Crippen MR) is 101 cm³/mol. The average Bonchev–Trinajstić information content (AvgIpc) is 3.42. The maximum atomic E-state index is 12.6. The van der Waals surface area contributed by atoms with Crippen LogP contribution < -0.4 is 5.32 Å². The minimum Gasteiger partial charge on any atom is -0.459 e. The summed E-state index contributed by atoms with van der Waals surface area (Å²) in [6, 6.07) is 7.32. The summed E-state index contributed by atoms with van der Waals surface area (Å²) in [4.78, 5) is 32.3. The Bertz CT molecular complexity index is 887. The third-order valence-corrected chi connectivity index (χ3v) is 5.97. The minimum absolute atomic E-state index is 0.0889. The molecule has 6 nitrogen and oxygen atoms in total. The fourth-order valence-corrected chi connectivity index (χ4v) is 4.48. The zero-order valence-corrected chi connectivity index (χ0v) is 15.5.